The molecule has 2 heterocycles. The maximum Gasteiger partial charge on any atom is 0.329 e. The van der Waals surface area contributed by atoms with Crippen molar-refractivity contribution in [3.05, 3.63) is 101 Å². The molecule has 5 N–H and O–H groups in total. The molecule has 0 aromatic heterocycles. The number of amides is 7. The summed E-state index contributed by atoms with van der Waals surface area (Å²) in [4.78, 5) is 161. The average Bonchev–Trinajstić information content (AvgIpc) is 3.00. The molecule has 0 spiro atoms. The van der Waals surface area contributed by atoms with Crippen molar-refractivity contribution in [2.24, 2.45) is 29.6 Å². The minimum Gasteiger partial charge on any atom is -0.497 e. The number of carbonyl (C=O) groups excluding carboxylic acids is 11. The number of nitrogens with one attached hydrogen (secondary N) is 4. The molecule has 474 valence electrons. The molecule has 3 aromatic carbocycles. The smallest absolute Gasteiger partial charge is 0.329 e. The molecule has 22 heteroatoms. The van der Waals surface area contributed by atoms with E-state index in [0.717, 1.165) is 4.90 Å². The SMILES string of the molecule is CC[C@H](C)[C@H]1NC(=O)[C@H](NC(=O)[C@@H](CC(C)C)N(C)C(=O)CNC(=O)c2ccc(C(=O)c3ccccc3)cc2)[C@H](C)OC(=O)[C@H](Cc2ccc(OC)cc2)N(C)C(=O)[C@@H]2CCCN2C(=O)[C@@H](CC(C)C)NC(=O)[C@@H](C)C(=O)[C@@H](C(C)C)OC(=O)C[C@H]1O. The molecule has 5 rings (SSSR count). The summed E-state index contributed by atoms with van der Waals surface area (Å²) in [5.41, 5.74) is 1.53. The Morgan fingerprint density at radius 2 is 1.41 bits per heavy atom. The molecule has 0 bridgehead atoms. The lowest BCUT2D eigenvalue weighted by Crippen LogP contribution is -2.61. The van der Waals surface area contributed by atoms with E-state index in [1.54, 1.807) is 96.1 Å². The molecule has 87 heavy (non-hydrogen) atoms. The number of aliphatic hydroxyl groups is 1. The first-order valence-electron chi connectivity index (χ1n) is 30.0. The van der Waals surface area contributed by atoms with E-state index in [9.17, 15) is 48.3 Å². The Morgan fingerprint density at radius 1 is 0.793 bits per heavy atom. The number of hydrogen-bond acceptors (Lipinski definition) is 15. The van der Waals surface area contributed by atoms with Crippen molar-refractivity contribution in [3.8, 4) is 5.75 Å². The van der Waals surface area contributed by atoms with Crippen molar-refractivity contribution in [2.75, 3.05) is 34.3 Å². The second kappa shape index (κ2) is 32.1. The highest BCUT2D eigenvalue weighted by Gasteiger charge is 2.45. The van der Waals surface area contributed by atoms with E-state index in [4.69, 9.17) is 14.2 Å². The number of ketones is 2. The molecule has 2 saturated heterocycles. The summed E-state index contributed by atoms with van der Waals surface area (Å²) in [6.07, 6.45) is -4.52. The van der Waals surface area contributed by atoms with Crippen LogP contribution in [0.3, 0.4) is 0 Å². The number of fused-ring (bicyclic) bond motifs is 1. The Morgan fingerprint density at radius 3 is 2.00 bits per heavy atom. The van der Waals surface area contributed by atoms with E-state index in [1.807, 2.05) is 13.8 Å². The normalized spacial score (nSPS) is 23.9. The fourth-order valence-electron chi connectivity index (χ4n) is 10.7. The number of esters is 2. The quantitative estimate of drug-likeness (QED) is 0.0661. The van der Waals surface area contributed by atoms with Crippen LogP contribution in [0.2, 0.25) is 0 Å². The molecule has 3 aromatic rings. The predicted octanol–water partition coefficient (Wildman–Crippen LogP) is 4.61. The average molecular weight is 1210 g/mol. The molecular formula is C65H89N7O15. The van der Waals surface area contributed by atoms with Gasteiger partial charge in [0.05, 0.1) is 38.1 Å². The zero-order chi connectivity index (χ0) is 64.6. The Balaban J connectivity index is 1.54. The highest BCUT2D eigenvalue weighted by molar-refractivity contribution is 6.09. The van der Waals surface area contributed by atoms with Gasteiger partial charge in [-0.15, -0.1) is 0 Å². The van der Waals surface area contributed by atoms with Crippen LogP contribution in [0, 0.1) is 29.6 Å². The highest BCUT2D eigenvalue weighted by Crippen LogP contribution is 2.26. The van der Waals surface area contributed by atoms with Gasteiger partial charge in [0.15, 0.2) is 17.7 Å². The monoisotopic (exact) mass is 1210 g/mol. The number of methoxy groups -OCH3 is 1. The predicted molar refractivity (Wildman–Crippen MR) is 322 cm³/mol. The van der Waals surface area contributed by atoms with E-state index >= 15 is 9.59 Å². The van der Waals surface area contributed by atoms with Crippen molar-refractivity contribution >= 4 is 64.9 Å². The van der Waals surface area contributed by atoms with Gasteiger partial charge in [0.1, 0.15) is 42.1 Å². The van der Waals surface area contributed by atoms with Crippen LogP contribution in [0.5, 0.6) is 5.75 Å². The summed E-state index contributed by atoms with van der Waals surface area (Å²) in [6.45, 7) is 16.2. The van der Waals surface area contributed by atoms with Crippen molar-refractivity contribution in [2.45, 2.75) is 169 Å². The number of carbonyl (C=O) groups is 11. The molecule has 2 fully saturated rings. The van der Waals surface area contributed by atoms with Crippen molar-refractivity contribution in [1.82, 2.24) is 36.0 Å². The summed E-state index contributed by atoms with van der Waals surface area (Å²) in [5.74, 6) is -10.8. The zero-order valence-electron chi connectivity index (χ0n) is 52.5. The number of aliphatic hydroxyl groups excluding tert-OH is 1. The van der Waals surface area contributed by atoms with Crippen LogP contribution in [-0.4, -0.2) is 174 Å². The molecule has 2 aliphatic rings. The van der Waals surface area contributed by atoms with Gasteiger partial charge < -0.3 is 55.3 Å². The van der Waals surface area contributed by atoms with Crippen LogP contribution in [0.15, 0.2) is 78.9 Å². The topological polar surface area (TPSA) is 294 Å². The van der Waals surface area contributed by atoms with E-state index in [1.165, 1.54) is 69.1 Å². The number of Topliss-reactive ketones (excluding diaryl/α,β-unsaturated/α-hetero) is 1. The molecule has 0 saturated carbocycles. The lowest BCUT2D eigenvalue weighted by atomic mass is 9.91. The summed E-state index contributed by atoms with van der Waals surface area (Å²) in [6, 6.07) is 13.2. The van der Waals surface area contributed by atoms with Gasteiger partial charge in [0.25, 0.3) is 5.91 Å². The van der Waals surface area contributed by atoms with Gasteiger partial charge in [-0.05, 0) is 93.0 Å². The van der Waals surface area contributed by atoms with Gasteiger partial charge in [-0.25, -0.2) is 4.79 Å². The first-order valence-corrected chi connectivity index (χ1v) is 30.0. The van der Waals surface area contributed by atoms with Gasteiger partial charge in [-0.1, -0.05) is 116 Å². The van der Waals surface area contributed by atoms with Crippen LogP contribution < -0.4 is 26.0 Å². The molecular weight excluding hydrogens is 1120 g/mol. The standard InChI is InChI=1S/C65H89N7O15/c1-14-39(8)54-51(73)34-53(75)87-58(38(6)7)56(76)40(9)59(78)67-47(31-36(2)3)63(82)72-30-18-21-48(72)64(83)71(12)50(33-42-22-28-46(85-13)29-23-42)65(84)86-41(10)55(62(81)68-54)69-61(80)49(32-37(4)5)70(11)52(74)35-66-60(79)45-26-24-44(25-27-45)57(77)43-19-16-15-17-20-43/h15-17,19-20,22-29,36-41,47-51,54-55,58,73H,14,18,21,30-35H2,1-13H3,(H,66,79)(H,67,78)(H,68,81)(H,69,80)/t39-,40-,41-,47+,48-,49+,50-,51+,54+,55+,58+/m0/s1. The Labute approximate surface area is 510 Å². The number of hydrogen-bond donors (Lipinski definition) is 5. The molecule has 0 radical (unpaired) electrons. The highest BCUT2D eigenvalue weighted by atomic mass is 16.6. The molecule has 11 atom stereocenters. The van der Waals surface area contributed by atoms with Gasteiger partial charge in [0.2, 0.25) is 35.4 Å². The lowest BCUT2D eigenvalue weighted by molar-refractivity contribution is -0.163. The fourth-order valence-corrected chi connectivity index (χ4v) is 10.7. The first-order chi connectivity index (χ1) is 41.1. The number of ether oxygens (including phenoxy) is 3. The largest absolute Gasteiger partial charge is 0.497 e. The van der Waals surface area contributed by atoms with Crippen LogP contribution >= 0.6 is 0 Å². The van der Waals surface area contributed by atoms with E-state index < -0.39 is 144 Å². The molecule has 22 nitrogen and oxygen atoms in total. The summed E-state index contributed by atoms with van der Waals surface area (Å²) < 4.78 is 17.3. The number of benzene rings is 3. The second-order valence-electron chi connectivity index (χ2n) is 24.1. The third kappa shape index (κ3) is 18.7. The summed E-state index contributed by atoms with van der Waals surface area (Å²) in [7, 11) is 4.23. The van der Waals surface area contributed by atoms with Gasteiger partial charge in [-0.3, -0.25) is 47.9 Å². The zero-order valence-corrected chi connectivity index (χ0v) is 52.5. The number of nitrogens with zero attached hydrogens (tertiary/aromatic N) is 3. The van der Waals surface area contributed by atoms with Crippen LogP contribution in [0.1, 0.15) is 140 Å². The molecule has 7 amide bonds. The van der Waals surface area contributed by atoms with Gasteiger partial charge in [-0.2, -0.15) is 0 Å². The maximum absolute atomic E-state index is 15.1. The lowest BCUT2D eigenvalue weighted by Gasteiger charge is -2.36. The van der Waals surface area contributed by atoms with E-state index in [2.05, 4.69) is 21.3 Å². The Kier molecular flexibility index (Phi) is 25.7. The van der Waals surface area contributed by atoms with Crippen LogP contribution in [-0.2, 0) is 59.0 Å². The first kappa shape index (κ1) is 69.8. The molecule has 2 aliphatic heterocycles. The second-order valence-corrected chi connectivity index (χ2v) is 24.1. The third-order valence-corrected chi connectivity index (χ3v) is 16.2. The summed E-state index contributed by atoms with van der Waals surface area (Å²) in [5, 5.41) is 22.7. The van der Waals surface area contributed by atoms with Crippen LogP contribution in [0.4, 0.5) is 0 Å². The molecule has 0 aliphatic carbocycles. The van der Waals surface area contributed by atoms with Crippen molar-refractivity contribution in [3.63, 3.8) is 0 Å². The molecule has 0 unspecified atom stereocenters. The maximum atomic E-state index is 15.1. The Hall–Kier alpha value is -8.01. The third-order valence-electron chi connectivity index (χ3n) is 16.2. The van der Waals surface area contributed by atoms with Crippen LogP contribution in [0.25, 0.3) is 0 Å². The summed E-state index contributed by atoms with van der Waals surface area (Å²) >= 11 is 0. The Bertz CT molecular complexity index is 2920. The number of likely N-dealkylation sites (N-methyl/N-ethyl adjacent to an activating group) is 2. The number of cyclic esters (lactones) is 2. The minimum atomic E-state index is -1.79. The van der Waals surface area contributed by atoms with Gasteiger partial charge >= 0.3 is 11.9 Å². The minimum absolute atomic E-state index is 0.0381. The fraction of sp³-hybridized carbons (Fsp3) is 0.554. The number of rotatable bonds is 18. The van der Waals surface area contributed by atoms with Crippen molar-refractivity contribution < 1.29 is 72.1 Å². The van der Waals surface area contributed by atoms with Crippen molar-refractivity contribution in [1.29, 1.82) is 0 Å². The van der Waals surface area contributed by atoms with Gasteiger partial charge in [0, 0.05) is 43.8 Å². The van der Waals surface area contributed by atoms with E-state index in [0.29, 0.717) is 35.3 Å². The van der Waals surface area contributed by atoms with E-state index in [-0.39, 0.29) is 55.4 Å².